The predicted octanol–water partition coefficient (Wildman–Crippen LogP) is 3.70. The van der Waals surface area contributed by atoms with Crippen LogP contribution in [0.15, 0.2) is 85.5 Å². The summed E-state index contributed by atoms with van der Waals surface area (Å²) >= 11 is 1.24. The van der Waals surface area contributed by atoms with Crippen LogP contribution in [0.1, 0.15) is 12.5 Å². The van der Waals surface area contributed by atoms with Gasteiger partial charge in [-0.3, -0.25) is 14.9 Å². The van der Waals surface area contributed by atoms with Gasteiger partial charge in [-0.25, -0.2) is 18.4 Å². The number of aromatic nitrogens is 3. The molecule has 43 heavy (non-hydrogen) atoms. The molecule has 2 aliphatic rings. The zero-order chi connectivity index (χ0) is 30.6. The number of nitrogens with zero attached hydrogens (tertiary/aromatic N) is 4. The minimum atomic E-state index is -1.85. The highest BCUT2D eigenvalue weighted by Crippen LogP contribution is 2.40. The van der Waals surface area contributed by atoms with Crippen LogP contribution in [-0.2, 0) is 26.4 Å². The monoisotopic (exact) mass is 613 g/mol. The van der Waals surface area contributed by atoms with Crippen molar-refractivity contribution in [2.45, 2.75) is 41.4 Å². The molecule has 0 unspecified atom stereocenters. The van der Waals surface area contributed by atoms with E-state index in [-0.39, 0.29) is 36.5 Å². The average Bonchev–Trinajstić information content (AvgIpc) is 3.50. The Hall–Kier alpha value is -3.98. The molecule has 2 aromatic carbocycles. The maximum atomic E-state index is 14.9. The number of rotatable bonds is 10. The summed E-state index contributed by atoms with van der Waals surface area (Å²) in [6, 6.07) is 11.8. The molecule has 226 valence electrons. The number of thioether (sulfide) groups is 1. The van der Waals surface area contributed by atoms with Crippen LogP contribution < -0.4 is 5.32 Å². The van der Waals surface area contributed by atoms with Crippen molar-refractivity contribution in [1.82, 2.24) is 14.8 Å². The fraction of sp³-hybridized carbons (Fsp3) is 0.345. The highest BCUT2D eigenvalue weighted by atomic mass is 32.2. The molecule has 14 heteroatoms. The molecule has 1 aliphatic carbocycles. The van der Waals surface area contributed by atoms with Gasteiger partial charge in [0.15, 0.2) is 0 Å². The van der Waals surface area contributed by atoms with E-state index in [1.807, 2.05) is 6.07 Å². The van der Waals surface area contributed by atoms with E-state index in [1.165, 1.54) is 59.5 Å². The zero-order valence-corrected chi connectivity index (χ0v) is 23.8. The third kappa shape index (κ3) is 6.51. The first-order chi connectivity index (χ1) is 20.6. The first-order valence-corrected chi connectivity index (χ1v) is 14.3. The number of para-hydroxylation sites is 1. The highest BCUT2D eigenvalue weighted by Gasteiger charge is 2.52. The molecular weight excluding hydrogens is 584 g/mol. The quantitative estimate of drug-likeness (QED) is 0.199. The van der Waals surface area contributed by atoms with Crippen LogP contribution in [0.4, 0.5) is 14.5 Å². The van der Waals surface area contributed by atoms with Crippen LogP contribution in [0.5, 0.6) is 0 Å². The molecule has 1 saturated heterocycles. The van der Waals surface area contributed by atoms with Gasteiger partial charge < -0.3 is 19.9 Å². The van der Waals surface area contributed by atoms with Gasteiger partial charge in [0.2, 0.25) is 12.2 Å². The van der Waals surface area contributed by atoms with E-state index in [9.17, 15) is 28.8 Å². The number of aliphatic hydroxyl groups is 1. The van der Waals surface area contributed by atoms with Crippen molar-refractivity contribution in [2.24, 2.45) is 5.92 Å². The maximum absolute atomic E-state index is 14.9. The number of carbonyl (C=O) groups excluding carboxylic acids is 1. The van der Waals surface area contributed by atoms with Crippen LogP contribution in [0.3, 0.4) is 0 Å². The number of ether oxygens (including phenoxy) is 2. The Bertz CT molecular complexity index is 1490. The van der Waals surface area contributed by atoms with Gasteiger partial charge in [0, 0.05) is 27.5 Å². The smallest absolute Gasteiger partial charge is 0.308 e. The molecule has 5 rings (SSSR count). The average molecular weight is 614 g/mol. The van der Waals surface area contributed by atoms with E-state index < -0.39 is 45.2 Å². The normalized spacial score (nSPS) is 25.5. The number of nitro groups is 1. The van der Waals surface area contributed by atoms with Gasteiger partial charge in [0.25, 0.3) is 0 Å². The van der Waals surface area contributed by atoms with Gasteiger partial charge >= 0.3 is 5.54 Å². The fourth-order valence-corrected chi connectivity index (χ4v) is 6.31. The second-order valence-corrected chi connectivity index (χ2v) is 11.9. The Labute approximate surface area is 249 Å². The standard InChI is InChI=1S/C29H29F2N5O6S/c1-19(29(38,16-35-18-32-17-33-35)24-8-7-21(30)13-25(24)31)43-23-14-41-27(42-15-23)28(36(39)40)11-9-20(10-12-28)26(37)34-22-5-3-2-4-6-22/h2-13,17-20,23,27,38H,14-16H2,1H3,(H,34,37)/t19-,20?,23?,27?,28?,29-/m1/s1. The molecule has 1 aromatic heterocycles. The molecule has 0 bridgehead atoms. The van der Waals surface area contributed by atoms with Crippen molar-refractivity contribution in [3.05, 3.63) is 113 Å². The number of hydrogen-bond acceptors (Lipinski definition) is 9. The van der Waals surface area contributed by atoms with E-state index in [1.54, 1.807) is 31.2 Å². The summed E-state index contributed by atoms with van der Waals surface area (Å²) in [5, 5.41) is 29.7. The van der Waals surface area contributed by atoms with Gasteiger partial charge in [-0.05, 0) is 30.4 Å². The molecule has 0 spiro atoms. The number of benzene rings is 2. The van der Waals surface area contributed by atoms with Crippen LogP contribution >= 0.6 is 11.8 Å². The lowest BCUT2D eigenvalue weighted by molar-refractivity contribution is -0.570. The molecule has 3 aromatic rings. The minimum absolute atomic E-state index is 0.0279. The third-order valence-corrected chi connectivity index (χ3v) is 8.84. The summed E-state index contributed by atoms with van der Waals surface area (Å²) in [5.41, 5.74) is -3.20. The molecule has 1 amide bonds. The summed E-state index contributed by atoms with van der Waals surface area (Å²) in [7, 11) is 0. The minimum Gasteiger partial charge on any atom is -0.382 e. The zero-order valence-electron chi connectivity index (χ0n) is 23.0. The molecule has 0 saturated carbocycles. The summed E-state index contributed by atoms with van der Waals surface area (Å²) in [4.78, 5) is 28.2. The number of anilines is 1. The van der Waals surface area contributed by atoms with Crippen molar-refractivity contribution in [1.29, 1.82) is 0 Å². The predicted molar refractivity (Wildman–Crippen MR) is 153 cm³/mol. The van der Waals surface area contributed by atoms with Crippen molar-refractivity contribution in [3.8, 4) is 0 Å². The van der Waals surface area contributed by atoms with E-state index >= 15 is 0 Å². The van der Waals surface area contributed by atoms with E-state index in [2.05, 4.69) is 15.4 Å². The molecule has 0 radical (unpaired) electrons. The number of hydrogen-bond donors (Lipinski definition) is 2. The largest absolute Gasteiger partial charge is 0.382 e. The van der Waals surface area contributed by atoms with E-state index in [0.717, 1.165) is 6.07 Å². The molecule has 1 aliphatic heterocycles. The number of nitrogens with one attached hydrogen (secondary N) is 1. The van der Waals surface area contributed by atoms with Gasteiger partial charge in [-0.15, -0.1) is 11.8 Å². The summed E-state index contributed by atoms with van der Waals surface area (Å²) in [6.07, 6.45) is 6.87. The van der Waals surface area contributed by atoms with Crippen LogP contribution in [0, 0.1) is 27.7 Å². The van der Waals surface area contributed by atoms with Crippen LogP contribution in [0.25, 0.3) is 0 Å². The SMILES string of the molecule is C[C@@H](SC1COC(C2([N+](=O)[O-])C=CC(C(=O)Nc3ccccc3)C=C2)OC1)[C@](O)(Cn1cncn1)c1ccc(F)cc1F. The maximum Gasteiger partial charge on any atom is 0.308 e. The van der Waals surface area contributed by atoms with Gasteiger partial charge in [-0.1, -0.05) is 43.3 Å². The lowest BCUT2D eigenvalue weighted by atomic mass is 9.88. The van der Waals surface area contributed by atoms with Crippen molar-refractivity contribution < 1.29 is 33.1 Å². The van der Waals surface area contributed by atoms with Crippen LogP contribution in [0.2, 0.25) is 0 Å². The third-order valence-electron chi connectivity index (χ3n) is 7.38. The molecule has 2 heterocycles. The lowest BCUT2D eigenvalue weighted by Gasteiger charge is -2.39. The summed E-state index contributed by atoms with van der Waals surface area (Å²) < 4.78 is 41.5. The topological polar surface area (TPSA) is 142 Å². The summed E-state index contributed by atoms with van der Waals surface area (Å²) in [5.74, 6) is -2.76. The first-order valence-electron chi connectivity index (χ1n) is 13.4. The molecule has 2 N–H and O–H groups in total. The number of amides is 1. The van der Waals surface area contributed by atoms with Gasteiger partial charge in [0.05, 0.1) is 30.9 Å². The second kappa shape index (κ2) is 12.7. The number of halogens is 2. The molecule has 1 fully saturated rings. The Morgan fingerprint density at radius 1 is 1.23 bits per heavy atom. The van der Waals surface area contributed by atoms with Crippen molar-refractivity contribution >= 4 is 23.4 Å². The van der Waals surface area contributed by atoms with Crippen LogP contribution in [-0.4, -0.2) is 66.2 Å². The Morgan fingerprint density at radius 2 is 1.93 bits per heavy atom. The summed E-state index contributed by atoms with van der Waals surface area (Å²) in [6.45, 7) is 1.57. The molecule has 11 nitrogen and oxygen atoms in total. The first kappa shape index (κ1) is 30.5. The lowest BCUT2D eigenvalue weighted by Crippen LogP contribution is -2.54. The number of carbonyl (C=O) groups is 1. The fourth-order valence-electron chi connectivity index (χ4n) is 4.99. The Kier molecular flexibility index (Phi) is 9.01. The molecule has 2 atom stereocenters. The Morgan fingerprint density at radius 3 is 2.53 bits per heavy atom. The Balaban J connectivity index is 1.25. The highest BCUT2D eigenvalue weighted by molar-refractivity contribution is 8.00. The van der Waals surface area contributed by atoms with Gasteiger partial charge in [-0.2, -0.15) is 5.10 Å². The molecular formula is C29H29F2N5O6S. The van der Waals surface area contributed by atoms with Crippen molar-refractivity contribution in [2.75, 3.05) is 18.5 Å². The van der Waals surface area contributed by atoms with E-state index in [0.29, 0.717) is 11.8 Å². The van der Waals surface area contributed by atoms with Gasteiger partial charge in [0.1, 0.15) is 29.9 Å². The van der Waals surface area contributed by atoms with Crippen molar-refractivity contribution in [3.63, 3.8) is 0 Å². The second-order valence-electron chi connectivity index (χ2n) is 10.3. The van der Waals surface area contributed by atoms with E-state index in [4.69, 9.17) is 9.47 Å².